The highest BCUT2D eigenvalue weighted by Crippen LogP contribution is 2.32. The summed E-state index contributed by atoms with van der Waals surface area (Å²) in [6.45, 7) is 4.36. The van der Waals surface area contributed by atoms with Crippen LogP contribution >= 0.6 is 0 Å². The van der Waals surface area contributed by atoms with Crippen molar-refractivity contribution in [1.29, 1.82) is 0 Å². The van der Waals surface area contributed by atoms with Gasteiger partial charge in [0.25, 0.3) is 5.91 Å². The normalized spacial score (nSPS) is 21.8. The van der Waals surface area contributed by atoms with Crippen LogP contribution in [0.15, 0.2) is 18.5 Å². The zero-order chi connectivity index (χ0) is 14.1. The number of rotatable bonds is 4. The third-order valence-corrected chi connectivity index (χ3v) is 4.26. The van der Waals surface area contributed by atoms with Gasteiger partial charge in [0.2, 0.25) is 5.91 Å². The van der Waals surface area contributed by atoms with Gasteiger partial charge in [-0.15, -0.1) is 0 Å². The van der Waals surface area contributed by atoms with E-state index in [1.807, 2.05) is 22.8 Å². The molecule has 0 aliphatic carbocycles. The number of amides is 2. The van der Waals surface area contributed by atoms with E-state index in [4.69, 9.17) is 0 Å². The van der Waals surface area contributed by atoms with Crippen molar-refractivity contribution in [3.05, 3.63) is 29.6 Å². The molecule has 2 aliphatic heterocycles. The molecule has 1 aromatic rings. The molecule has 0 saturated carbocycles. The van der Waals surface area contributed by atoms with Crippen LogP contribution in [0.3, 0.4) is 0 Å². The Labute approximate surface area is 118 Å². The van der Waals surface area contributed by atoms with E-state index in [9.17, 15) is 9.59 Å². The molecule has 0 aromatic carbocycles. The van der Waals surface area contributed by atoms with E-state index in [-0.39, 0.29) is 17.9 Å². The summed E-state index contributed by atoms with van der Waals surface area (Å²) in [5, 5.41) is 0. The first-order valence-corrected chi connectivity index (χ1v) is 7.21. The molecule has 1 aromatic heterocycles. The van der Waals surface area contributed by atoms with Gasteiger partial charge in [-0.25, -0.2) is 0 Å². The van der Waals surface area contributed by atoms with E-state index >= 15 is 0 Å². The minimum Gasteiger partial charge on any atom is -0.343 e. The lowest BCUT2D eigenvalue weighted by Crippen LogP contribution is -2.32. The summed E-state index contributed by atoms with van der Waals surface area (Å²) in [6, 6.07) is 2.02. The molecule has 1 unspecified atom stereocenters. The van der Waals surface area contributed by atoms with Gasteiger partial charge in [-0.05, 0) is 31.4 Å². The maximum atomic E-state index is 12.3. The maximum Gasteiger partial charge on any atom is 0.256 e. The van der Waals surface area contributed by atoms with Crippen molar-refractivity contribution in [1.82, 2.24) is 14.8 Å². The molecule has 20 heavy (non-hydrogen) atoms. The fourth-order valence-corrected chi connectivity index (χ4v) is 3.11. The minimum atomic E-state index is 0.0633. The molecule has 5 nitrogen and oxygen atoms in total. The van der Waals surface area contributed by atoms with Crippen LogP contribution in [-0.2, 0) is 4.79 Å². The number of likely N-dealkylation sites (tertiary alicyclic amines) is 1. The number of carbonyl (C=O) groups is 2. The molecule has 2 amide bonds. The molecule has 0 bridgehead atoms. The third kappa shape index (κ3) is 2.17. The number of nitrogens with zero attached hydrogens (tertiary/aromatic N) is 3. The standard InChI is InChI=1S/C15H19N3O2/c1-11-12-5-6-16-10-13(12)15(20)18(11)9-3-8-17-7-2-4-14(17)19/h5-6,10-11H,2-4,7-9H2,1H3. The van der Waals surface area contributed by atoms with Gasteiger partial charge in [-0.3, -0.25) is 14.6 Å². The first-order valence-electron chi connectivity index (χ1n) is 7.21. The van der Waals surface area contributed by atoms with Crippen LogP contribution in [0.2, 0.25) is 0 Å². The summed E-state index contributed by atoms with van der Waals surface area (Å²) >= 11 is 0. The Kier molecular flexibility index (Phi) is 3.42. The monoisotopic (exact) mass is 273 g/mol. The predicted octanol–water partition coefficient (Wildman–Crippen LogP) is 1.61. The van der Waals surface area contributed by atoms with Gasteiger partial charge >= 0.3 is 0 Å². The van der Waals surface area contributed by atoms with Gasteiger partial charge in [0.15, 0.2) is 0 Å². The second-order valence-corrected chi connectivity index (χ2v) is 5.48. The zero-order valence-corrected chi connectivity index (χ0v) is 11.7. The average molecular weight is 273 g/mol. The summed E-state index contributed by atoms with van der Waals surface area (Å²) in [6.07, 6.45) is 5.86. The van der Waals surface area contributed by atoms with Crippen LogP contribution in [0.5, 0.6) is 0 Å². The molecule has 1 saturated heterocycles. The van der Waals surface area contributed by atoms with Crippen LogP contribution in [0.25, 0.3) is 0 Å². The second kappa shape index (κ2) is 5.23. The first kappa shape index (κ1) is 13.1. The van der Waals surface area contributed by atoms with Crippen LogP contribution < -0.4 is 0 Å². The summed E-state index contributed by atoms with van der Waals surface area (Å²) in [4.78, 5) is 31.7. The minimum absolute atomic E-state index is 0.0633. The van der Waals surface area contributed by atoms with Gasteiger partial charge in [0.1, 0.15) is 0 Å². The highest BCUT2D eigenvalue weighted by atomic mass is 16.2. The highest BCUT2D eigenvalue weighted by molar-refractivity contribution is 5.98. The van der Waals surface area contributed by atoms with Crippen LogP contribution in [0.4, 0.5) is 0 Å². The van der Waals surface area contributed by atoms with Crippen molar-refractivity contribution >= 4 is 11.8 Å². The third-order valence-electron chi connectivity index (χ3n) is 4.26. The molecule has 2 aliphatic rings. The second-order valence-electron chi connectivity index (χ2n) is 5.48. The first-order chi connectivity index (χ1) is 9.68. The largest absolute Gasteiger partial charge is 0.343 e. The fraction of sp³-hybridized carbons (Fsp3) is 0.533. The molecule has 0 radical (unpaired) electrons. The number of pyridine rings is 1. The molecular formula is C15H19N3O2. The summed E-state index contributed by atoms with van der Waals surface area (Å²) in [5.41, 5.74) is 1.78. The number of carbonyl (C=O) groups excluding carboxylic acids is 2. The van der Waals surface area contributed by atoms with Gasteiger partial charge in [0.05, 0.1) is 11.6 Å². The van der Waals surface area contributed by atoms with Crippen LogP contribution in [-0.4, -0.2) is 46.2 Å². The molecule has 5 heteroatoms. The number of fused-ring (bicyclic) bond motifs is 1. The number of hydrogen-bond donors (Lipinski definition) is 0. The van der Waals surface area contributed by atoms with Gasteiger partial charge < -0.3 is 9.80 Å². The molecule has 106 valence electrons. The topological polar surface area (TPSA) is 53.5 Å². The molecule has 0 spiro atoms. The molecule has 1 fully saturated rings. The predicted molar refractivity (Wildman–Crippen MR) is 74.1 cm³/mol. The lowest BCUT2D eigenvalue weighted by Gasteiger charge is -2.23. The van der Waals surface area contributed by atoms with E-state index in [2.05, 4.69) is 4.98 Å². The maximum absolute atomic E-state index is 12.3. The van der Waals surface area contributed by atoms with Crippen molar-refractivity contribution in [3.8, 4) is 0 Å². The van der Waals surface area contributed by atoms with E-state index in [0.717, 1.165) is 37.1 Å². The van der Waals surface area contributed by atoms with E-state index in [1.165, 1.54) is 0 Å². The Morgan fingerprint density at radius 3 is 2.90 bits per heavy atom. The Balaban J connectivity index is 1.59. The Morgan fingerprint density at radius 1 is 1.35 bits per heavy atom. The molecular weight excluding hydrogens is 254 g/mol. The lowest BCUT2D eigenvalue weighted by molar-refractivity contribution is -0.127. The molecule has 0 N–H and O–H groups in total. The SMILES string of the molecule is CC1c2ccncc2C(=O)N1CCCN1CCCC1=O. The highest BCUT2D eigenvalue weighted by Gasteiger charge is 2.33. The summed E-state index contributed by atoms with van der Waals surface area (Å²) in [7, 11) is 0. The zero-order valence-electron chi connectivity index (χ0n) is 11.7. The molecule has 3 rings (SSSR count). The lowest BCUT2D eigenvalue weighted by atomic mass is 10.1. The molecule has 1 atom stereocenters. The van der Waals surface area contributed by atoms with E-state index in [0.29, 0.717) is 13.0 Å². The fourth-order valence-electron chi connectivity index (χ4n) is 3.11. The van der Waals surface area contributed by atoms with Crippen LogP contribution in [0.1, 0.15) is 48.1 Å². The van der Waals surface area contributed by atoms with Gasteiger partial charge in [-0.1, -0.05) is 0 Å². The smallest absolute Gasteiger partial charge is 0.256 e. The Morgan fingerprint density at radius 2 is 2.20 bits per heavy atom. The molecule has 3 heterocycles. The summed E-state index contributed by atoms with van der Waals surface area (Å²) in [5.74, 6) is 0.312. The Bertz CT molecular complexity index is 544. The van der Waals surface area contributed by atoms with Crippen molar-refractivity contribution in [2.75, 3.05) is 19.6 Å². The van der Waals surface area contributed by atoms with Crippen molar-refractivity contribution < 1.29 is 9.59 Å². The van der Waals surface area contributed by atoms with Gasteiger partial charge in [-0.2, -0.15) is 0 Å². The quantitative estimate of drug-likeness (QED) is 0.837. The van der Waals surface area contributed by atoms with Gasteiger partial charge in [0, 0.05) is 38.4 Å². The van der Waals surface area contributed by atoms with Crippen LogP contribution in [0, 0.1) is 0 Å². The van der Waals surface area contributed by atoms with Crippen molar-refractivity contribution in [2.45, 2.75) is 32.2 Å². The van der Waals surface area contributed by atoms with Crippen molar-refractivity contribution in [2.24, 2.45) is 0 Å². The summed E-state index contributed by atoms with van der Waals surface area (Å²) < 4.78 is 0. The Hall–Kier alpha value is -1.91. The van der Waals surface area contributed by atoms with Crippen molar-refractivity contribution in [3.63, 3.8) is 0 Å². The number of hydrogen-bond acceptors (Lipinski definition) is 3. The van der Waals surface area contributed by atoms with E-state index < -0.39 is 0 Å². The van der Waals surface area contributed by atoms with E-state index in [1.54, 1.807) is 12.4 Å². The average Bonchev–Trinajstić information content (AvgIpc) is 2.97. The number of aromatic nitrogens is 1.